The van der Waals surface area contributed by atoms with Crippen LogP contribution in [0.3, 0.4) is 0 Å². The van der Waals surface area contributed by atoms with E-state index in [9.17, 15) is 0 Å². The normalized spacial score (nSPS) is 17.9. The van der Waals surface area contributed by atoms with E-state index in [-0.39, 0.29) is 0 Å². The van der Waals surface area contributed by atoms with Crippen molar-refractivity contribution in [1.29, 1.82) is 0 Å². The topological polar surface area (TPSA) is 12.5 Å². The molecule has 18 heavy (non-hydrogen) atoms. The van der Waals surface area contributed by atoms with Crippen molar-refractivity contribution in [3.8, 4) is 5.75 Å². The second-order valence-electron chi connectivity index (χ2n) is 5.00. The number of rotatable bonds is 5. The average molecular weight is 312 g/mol. The lowest BCUT2D eigenvalue weighted by Gasteiger charge is -2.31. The first kappa shape index (κ1) is 13.9. The zero-order valence-corrected chi connectivity index (χ0v) is 12.7. The molecule has 1 fully saturated rings. The third kappa shape index (κ3) is 4.29. The Kier molecular flexibility index (Phi) is 5.51. The van der Waals surface area contributed by atoms with Crippen LogP contribution in [-0.2, 0) is 0 Å². The van der Waals surface area contributed by atoms with Gasteiger partial charge in [-0.2, -0.15) is 0 Å². The molecule has 1 aliphatic rings. The third-order valence-electron chi connectivity index (χ3n) is 3.77. The summed E-state index contributed by atoms with van der Waals surface area (Å²) < 4.78 is 6.85. The summed E-state index contributed by atoms with van der Waals surface area (Å²) in [5.41, 5.74) is 0. The maximum atomic E-state index is 5.75. The molecule has 0 radical (unpaired) electrons. The Morgan fingerprint density at radius 1 is 1.22 bits per heavy atom. The van der Waals surface area contributed by atoms with Gasteiger partial charge in [-0.3, -0.25) is 4.90 Å². The van der Waals surface area contributed by atoms with Gasteiger partial charge in [-0.1, -0.05) is 29.3 Å². The van der Waals surface area contributed by atoms with Crippen molar-refractivity contribution in [3.05, 3.63) is 28.7 Å². The smallest absolute Gasteiger partial charge is 0.119 e. The van der Waals surface area contributed by atoms with Crippen molar-refractivity contribution in [2.75, 3.05) is 26.2 Å². The van der Waals surface area contributed by atoms with Gasteiger partial charge in [-0.15, -0.1) is 0 Å². The second-order valence-corrected chi connectivity index (χ2v) is 5.91. The van der Waals surface area contributed by atoms with E-state index in [2.05, 4.69) is 27.8 Å². The van der Waals surface area contributed by atoms with Crippen molar-refractivity contribution in [2.45, 2.75) is 26.2 Å². The predicted octanol–water partition coefficient (Wildman–Crippen LogP) is 3.95. The van der Waals surface area contributed by atoms with Gasteiger partial charge in [0.25, 0.3) is 0 Å². The lowest BCUT2D eigenvalue weighted by molar-refractivity contribution is 0.153. The largest absolute Gasteiger partial charge is 0.492 e. The molecule has 0 amide bonds. The lowest BCUT2D eigenvalue weighted by atomic mass is 9.94. The molecule has 3 heteroatoms. The number of nitrogens with zero attached hydrogens (tertiary/aromatic N) is 1. The summed E-state index contributed by atoms with van der Waals surface area (Å²) in [6.07, 6.45) is 4.05. The number of piperidine rings is 1. The SMILES string of the molecule is CCC1CCN(CCOc2ccc(Br)cc2)CC1. The molecule has 0 spiro atoms. The average Bonchev–Trinajstić information content (AvgIpc) is 2.42. The number of halogens is 1. The summed E-state index contributed by atoms with van der Waals surface area (Å²) in [5.74, 6) is 1.91. The Morgan fingerprint density at radius 3 is 2.50 bits per heavy atom. The zero-order valence-electron chi connectivity index (χ0n) is 11.1. The van der Waals surface area contributed by atoms with E-state index in [1.165, 1.54) is 32.4 Å². The maximum Gasteiger partial charge on any atom is 0.119 e. The molecule has 0 saturated carbocycles. The first-order chi connectivity index (χ1) is 8.78. The summed E-state index contributed by atoms with van der Waals surface area (Å²) in [6.45, 7) is 6.62. The molecule has 1 aliphatic heterocycles. The van der Waals surface area contributed by atoms with Crippen molar-refractivity contribution in [1.82, 2.24) is 4.90 Å². The van der Waals surface area contributed by atoms with E-state index < -0.39 is 0 Å². The first-order valence-electron chi connectivity index (χ1n) is 6.88. The van der Waals surface area contributed by atoms with E-state index in [0.29, 0.717) is 0 Å². The molecule has 1 saturated heterocycles. The molecule has 2 nitrogen and oxygen atoms in total. The van der Waals surface area contributed by atoms with Crippen molar-refractivity contribution < 1.29 is 4.74 Å². The number of hydrogen-bond acceptors (Lipinski definition) is 2. The quantitative estimate of drug-likeness (QED) is 0.816. The molecule has 2 rings (SSSR count). The molecular formula is C15H22BrNO. The molecule has 0 bridgehead atoms. The minimum absolute atomic E-state index is 0.790. The minimum Gasteiger partial charge on any atom is -0.492 e. The summed E-state index contributed by atoms with van der Waals surface area (Å²) >= 11 is 3.42. The molecule has 0 unspecified atom stereocenters. The Morgan fingerprint density at radius 2 is 1.89 bits per heavy atom. The fourth-order valence-corrected chi connectivity index (χ4v) is 2.71. The van der Waals surface area contributed by atoms with Gasteiger partial charge in [-0.05, 0) is 56.1 Å². The van der Waals surface area contributed by atoms with Gasteiger partial charge in [-0.25, -0.2) is 0 Å². The van der Waals surface area contributed by atoms with Gasteiger partial charge in [0.05, 0.1) is 0 Å². The predicted molar refractivity (Wildman–Crippen MR) is 79.1 cm³/mol. The van der Waals surface area contributed by atoms with Crippen LogP contribution >= 0.6 is 15.9 Å². The van der Waals surface area contributed by atoms with Crippen LogP contribution in [0.4, 0.5) is 0 Å². The number of ether oxygens (including phenoxy) is 1. The lowest BCUT2D eigenvalue weighted by Crippen LogP contribution is -2.36. The van der Waals surface area contributed by atoms with Crippen LogP contribution < -0.4 is 4.74 Å². The maximum absolute atomic E-state index is 5.75. The molecular weight excluding hydrogens is 290 g/mol. The van der Waals surface area contributed by atoms with Gasteiger partial charge in [0.1, 0.15) is 12.4 Å². The van der Waals surface area contributed by atoms with E-state index in [4.69, 9.17) is 4.74 Å². The Hall–Kier alpha value is -0.540. The van der Waals surface area contributed by atoms with Crippen LogP contribution in [0.15, 0.2) is 28.7 Å². The summed E-state index contributed by atoms with van der Waals surface area (Å²) in [7, 11) is 0. The molecule has 1 aromatic rings. The van der Waals surface area contributed by atoms with E-state index in [1.54, 1.807) is 0 Å². The van der Waals surface area contributed by atoms with Crippen molar-refractivity contribution >= 4 is 15.9 Å². The molecule has 1 heterocycles. The van der Waals surface area contributed by atoms with Gasteiger partial charge >= 0.3 is 0 Å². The van der Waals surface area contributed by atoms with E-state index >= 15 is 0 Å². The molecule has 1 aromatic carbocycles. The first-order valence-corrected chi connectivity index (χ1v) is 7.68. The van der Waals surface area contributed by atoms with E-state index in [1.807, 2.05) is 24.3 Å². The molecule has 100 valence electrons. The van der Waals surface area contributed by atoms with Gasteiger partial charge in [0.15, 0.2) is 0 Å². The van der Waals surface area contributed by atoms with E-state index in [0.717, 1.165) is 29.3 Å². The Labute approximate surface area is 118 Å². The molecule has 0 aromatic heterocycles. The van der Waals surface area contributed by atoms with Crippen LogP contribution in [0.1, 0.15) is 26.2 Å². The van der Waals surface area contributed by atoms with Gasteiger partial charge in [0.2, 0.25) is 0 Å². The summed E-state index contributed by atoms with van der Waals surface area (Å²) in [5, 5.41) is 0. The Balaban J connectivity index is 1.65. The van der Waals surface area contributed by atoms with Crippen LogP contribution in [0.5, 0.6) is 5.75 Å². The second kappa shape index (κ2) is 7.15. The van der Waals surface area contributed by atoms with Crippen LogP contribution in [0.25, 0.3) is 0 Å². The highest BCUT2D eigenvalue weighted by Crippen LogP contribution is 2.20. The van der Waals surface area contributed by atoms with Crippen molar-refractivity contribution in [2.24, 2.45) is 5.92 Å². The Bertz CT molecular complexity index is 344. The van der Waals surface area contributed by atoms with Gasteiger partial charge < -0.3 is 4.74 Å². The highest BCUT2D eigenvalue weighted by Gasteiger charge is 2.17. The molecule has 0 N–H and O–H groups in total. The van der Waals surface area contributed by atoms with Crippen LogP contribution in [0.2, 0.25) is 0 Å². The van der Waals surface area contributed by atoms with Crippen LogP contribution in [-0.4, -0.2) is 31.1 Å². The number of likely N-dealkylation sites (tertiary alicyclic amines) is 1. The highest BCUT2D eigenvalue weighted by atomic mass is 79.9. The van der Waals surface area contributed by atoms with Gasteiger partial charge in [0, 0.05) is 11.0 Å². The summed E-state index contributed by atoms with van der Waals surface area (Å²) in [6, 6.07) is 8.05. The highest BCUT2D eigenvalue weighted by molar-refractivity contribution is 9.10. The monoisotopic (exact) mass is 311 g/mol. The fourth-order valence-electron chi connectivity index (χ4n) is 2.44. The zero-order chi connectivity index (χ0) is 12.8. The summed E-state index contributed by atoms with van der Waals surface area (Å²) in [4.78, 5) is 2.52. The molecule has 0 aliphatic carbocycles. The van der Waals surface area contributed by atoms with Crippen molar-refractivity contribution in [3.63, 3.8) is 0 Å². The number of benzene rings is 1. The number of hydrogen-bond donors (Lipinski definition) is 0. The molecule has 0 atom stereocenters. The fraction of sp³-hybridized carbons (Fsp3) is 0.600. The van der Waals surface area contributed by atoms with Crippen LogP contribution in [0, 0.1) is 5.92 Å². The standard InChI is InChI=1S/C15H22BrNO/c1-2-13-7-9-17(10-8-13)11-12-18-15-5-3-14(16)4-6-15/h3-6,13H,2,7-12H2,1H3. The third-order valence-corrected chi connectivity index (χ3v) is 4.30. The minimum atomic E-state index is 0.790.